The molecule has 0 bridgehead atoms. The molecular weight excluding hydrogens is 609 g/mol. The molecule has 4 aromatic carbocycles. The third-order valence-corrected chi connectivity index (χ3v) is 9.45. The molecule has 0 N–H and O–H groups in total. The molecule has 3 aliphatic rings. The SMILES string of the molecule is O=C(c1ccccc1)C1C(c2ccc(Cl)cc2Cl)C2(C(=O)c3ccccc3C2=O)C2C=Cc3cc(Br)ccc3N12. The highest BCUT2D eigenvalue weighted by Crippen LogP contribution is 2.61. The van der Waals surface area contributed by atoms with Gasteiger partial charge in [-0.3, -0.25) is 14.4 Å². The van der Waals surface area contributed by atoms with Crippen LogP contribution in [0.3, 0.4) is 0 Å². The molecule has 196 valence electrons. The second-order valence-electron chi connectivity index (χ2n) is 10.3. The molecule has 0 aromatic heterocycles. The molecule has 1 spiro atoms. The minimum Gasteiger partial charge on any atom is -0.352 e. The maximum absolute atomic E-state index is 14.6. The van der Waals surface area contributed by atoms with Crippen molar-refractivity contribution in [2.45, 2.75) is 18.0 Å². The predicted molar refractivity (Wildman–Crippen MR) is 161 cm³/mol. The Labute approximate surface area is 249 Å². The van der Waals surface area contributed by atoms with Gasteiger partial charge in [-0.15, -0.1) is 0 Å². The second-order valence-corrected chi connectivity index (χ2v) is 12.1. The summed E-state index contributed by atoms with van der Waals surface area (Å²) in [6.45, 7) is 0. The first kappa shape index (κ1) is 25.5. The van der Waals surface area contributed by atoms with Gasteiger partial charge in [-0.05, 0) is 41.5 Å². The number of fused-ring (bicyclic) bond motifs is 5. The molecule has 3 unspecified atom stereocenters. The standard InChI is InChI=1S/C33H20BrCl2NO3/c34-20-11-14-26-19(16-20)10-15-27-33(31(39)22-8-4-5-9-23(22)32(33)40)28(24-13-12-21(35)17-25(24)36)29(37(26)27)30(38)18-6-2-1-3-7-18/h1-17,27-29H. The van der Waals surface area contributed by atoms with Gasteiger partial charge in [0.15, 0.2) is 17.3 Å². The quantitative estimate of drug-likeness (QED) is 0.170. The van der Waals surface area contributed by atoms with Crippen LogP contribution in [0.2, 0.25) is 10.0 Å². The molecule has 4 nitrogen and oxygen atoms in total. The van der Waals surface area contributed by atoms with Gasteiger partial charge in [-0.1, -0.05) is 112 Å². The number of ketones is 3. The molecule has 2 heterocycles. The van der Waals surface area contributed by atoms with Gasteiger partial charge in [-0.2, -0.15) is 0 Å². The first-order valence-electron chi connectivity index (χ1n) is 12.8. The highest BCUT2D eigenvalue weighted by Gasteiger charge is 2.71. The van der Waals surface area contributed by atoms with Crippen molar-refractivity contribution in [3.8, 4) is 0 Å². The molecule has 40 heavy (non-hydrogen) atoms. The molecule has 1 aliphatic carbocycles. The Hall–Kier alpha value is -3.51. The Morgan fingerprint density at radius 2 is 1.50 bits per heavy atom. The summed E-state index contributed by atoms with van der Waals surface area (Å²) >= 11 is 16.7. The Bertz CT molecular complexity index is 1750. The van der Waals surface area contributed by atoms with Crippen LogP contribution >= 0.6 is 39.1 Å². The zero-order chi connectivity index (χ0) is 27.8. The Balaban J connectivity index is 1.57. The number of hydrogen-bond acceptors (Lipinski definition) is 4. The Morgan fingerprint density at radius 1 is 0.825 bits per heavy atom. The van der Waals surface area contributed by atoms with Gasteiger partial charge in [0.2, 0.25) is 0 Å². The van der Waals surface area contributed by atoms with Crippen LogP contribution in [0, 0.1) is 5.41 Å². The van der Waals surface area contributed by atoms with Gasteiger partial charge in [0.25, 0.3) is 0 Å². The number of hydrogen-bond donors (Lipinski definition) is 0. The molecule has 2 aliphatic heterocycles. The van der Waals surface area contributed by atoms with Crippen LogP contribution in [0.5, 0.6) is 0 Å². The maximum atomic E-state index is 14.6. The van der Waals surface area contributed by atoms with E-state index < -0.39 is 23.4 Å². The third-order valence-electron chi connectivity index (χ3n) is 8.39. The lowest BCUT2D eigenvalue weighted by Gasteiger charge is -2.37. The van der Waals surface area contributed by atoms with Crippen LogP contribution in [0.25, 0.3) is 6.08 Å². The lowest BCUT2D eigenvalue weighted by molar-refractivity contribution is 0.0666. The molecule has 0 amide bonds. The largest absolute Gasteiger partial charge is 0.352 e. The molecule has 0 radical (unpaired) electrons. The van der Waals surface area contributed by atoms with Crippen LogP contribution in [0.4, 0.5) is 5.69 Å². The molecular formula is C33H20BrCl2NO3. The van der Waals surface area contributed by atoms with Crippen LogP contribution in [0.15, 0.2) is 102 Å². The first-order valence-corrected chi connectivity index (χ1v) is 14.4. The van der Waals surface area contributed by atoms with Gasteiger partial charge in [0, 0.05) is 42.8 Å². The maximum Gasteiger partial charge on any atom is 0.185 e. The predicted octanol–water partition coefficient (Wildman–Crippen LogP) is 8.07. The van der Waals surface area contributed by atoms with Crippen molar-refractivity contribution < 1.29 is 14.4 Å². The van der Waals surface area contributed by atoms with Crippen molar-refractivity contribution in [2.75, 3.05) is 4.90 Å². The number of benzene rings is 4. The van der Waals surface area contributed by atoms with Gasteiger partial charge < -0.3 is 4.90 Å². The number of Topliss-reactive ketones (excluding diaryl/α,β-unsaturated/α-hetero) is 3. The fraction of sp³-hybridized carbons (Fsp3) is 0.121. The van der Waals surface area contributed by atoms with Crippen molar-refractivity contribution in [3.05, 3.63) is 139 Å². The van der Waals surface area contributed by atoms with E-state index in [1.54, 1.807) is 54.6 Å². The van der Waals surface area contributed by atoms with E-state index in [4.69, 9.17) is 23.2 Å². The summed E-state index contributed by atoms with van der Waals surface area (Å²) in [5, 5.41) is 0.728. The summed E-state index contributed by atoms with van der Waals surface area (Å²) in [4.78, 5) is 45.9. The fourth-order valence-corrected chi connectivity index (χ4v) is 7.72. The van der Waals surface area contributed by atoms with E-state index in [2.05, 4.69) is 15.9 Å². The highest BCUT2D eigenvalue weighted by atomic mass is 79.9. The van der Waals surface area contributed by atoms with Crippen molar-refractivity contribution in [1.82, 2.24) is 0 Å². The van der Waals surface area contributed by atoms with Crippen molar-refractivity contribution in [3.63, 3.8) is 0 Å². The lowest BCUT2D eigenvalue weighted by Crippen LogP contribution is -2.48. The highest BCUT2D eigenvalue weighted by molar-refractivity contribution is 9.10. The fourth-order valence-electron chi connectivity index (χ4n) is 6.82. The number of carbonyl (C=O) groups excluding carboxylic acids is 3. The van der Waals surface area contributed by atoms with E-state index in [-0.39, 0.29) is 17.3 Å². The van der Waals surface area contributed by atoms with E-state index in [1.807, 2.05) is 53.5 Å². The minimum atomic E-state index is -1.61. The topological polar surface area (TPSA) is 54.5 Å². The second kappa shape index (κ2) is 9.27. The van der Waals surface area contributed by atoms with Crippen molar-refractivity contribution >= 4 is 68.2 Å². The number of rotatable bonds is 3. The normalized spacial score (nSPS) is 21.9. The minimum absolute atomic E-state index is 0.195. The number of halogens is 3. The monoisotopic (exact) mass is 627 g/mol. The smallest absolute Gasteiger partial charge is 0.185 e. The first-order chi connectivity index (χ1) is 19.3. The Kier molecular flexibility index (Phi) is 5.90. The lowest BCUT2D eigenvalue weighted by atomic mass is 9.64. The Morgan fingerprint density at radius 3 is 2.17 bits per heavy atom. The number of anilines is 1. The van der Waals surface area contributed by atoms with Gasteiger partial charge in [0.05, 0.1) is 6.04 Å². The van der Waals surface area contributed by atoms with E-state index in [0.717, 1.165) is 15.7 Å². The van der Waals surface area contributed by atoms with E-state index in [0.29, 0.717) is 32.3 Å². The number of nitrogens with zero attached hydrogens (tertiary/aromatic N) is 1. The zero-order valence-electron chi connectivity index (χ0n) is 20.9. The van der Waals surface area contributed by atoms with Crippen LogP contribution < -0.4 is 4.90 Å². The summed E-state index contributed by atoms with van der Waals surface area (Å²) < 4.78 is 0.881. The molecule has 7 heteroatoms. The molecule has 1 saturated heterocycles. The van der Waals surface area contributed by atoms with Crippen LogP contribution in [-0.2, 0) is 0 Å². The summed E-state index contributed by atoms with van der Waals surface area (Å²) in [5.74, 6) is -1.68. The summed E-state index contributed by atoms with van der Waals surface area (Å²) in [7, 11) is 0. The zero-order valence-corrected chi connectivity index (χ0v) is 24.0. The summed E-state index contributed by atoms with van der Waals surface area (Å²) in [5.41, 5.74) is 1.80. The molecule has 0 saturated carbocycles. The van der Waals surface area contributed by atoms with Gasteiger partial charge in [0.1, 0.15) is 11.5 Å². The van der Waals surface area contributed by atoms with E-state index >= 15 is 0 Å². The molecule has 7 rings (SSSR count). The van der Waals surface area contributed by atoms with Crippen molar-refractivity contribution in [1.29, 1.82) is 0 Å². The average molecular weight is 629 g/mol. The van der Waals surface area contributed by atoms with Crippen molar-refractivity contribution in [2.24, 2.45) is 5.41 Å². The summed E-state index contributed by atoms with van der Waals surface area (Å²) in [6, 6.07) is 25.1. The average Bonchev–Trinajstić information content (AvgIpc) is 3.39. The van der Waals surface area contributed by atoms with Crippen LogP contribution in [0.1, 0.15) is 48.1 Å². The third kappa shape index (κ3) is 3.41. The molecule has 4 aromatic rings. The van der Waals surface area contributed by atoms with Gasteiger partial charge in [-0.25, -0.2) is 0 Å². The number of carbonyl (C=O) groups is 3. The van der Waals surface area contributed by atoms with Crippen LogP contribution in [-0.4, -0.2) is 29.4 Å². The molecule has 1 fully saturated rings. The van der Waals surface area contributed by atoms with Gasteiger partial charge >= 0.3 is 0 Å². The van der Waals surface area contributed by atoms with E-state index in [1.165, 1.54) is 0 Å². The van der Waals surface area contributed by atoms with E-state index in [9.17, 15) is 14.4 Å². The molecule has 3 atom stereocenters. The summed E-state index contributed by atoms with van der Waals surface area (Å²) in [6.07, 6.45) is 3.83.